The maximum absolute atomic E-state index is 13.2. The number of oxime groups is 1. The van der Waals surface area contributed by atoms with Crippen molar-refractivity contribution in [1.82, 2.24) is 4.57 Å². The Labute approximate surface area is 205 Å². The van der Waals surface area contributed by atoms with Crippen molar-refractivity contribution in [2.75, 3.05) is 5.75 Å². The smallest absolute Gasteiger partial charge is 0.327 e. The van der Waals surface area contributed by atoms with Crippen molar-refractivity contribution in [3.63, 3.8) is 0 Å². The highest BCUT2D eigenvalue weighted by Gasteiger charge is 2.37. The maximum atomic E-state index is 13.2. The number of nitrogens with zero attached hydrogens (tertiary/aromatic N) is 2. The molecular weight excluding hydrogens is 460 g/mol. The van der Waals surface area contributed by atoms with Crippen LogP contribution in [0.1, 0.15) is 40.8 Å². The van der Waals surface area contributed by atoms with Crippen molar-refractivity contribution in [1.29, 1.82) is 0 Å². The molecule has 2 aliphatic heterocycles. The highest BCUT2D eigenvalue weighted by Crippen LogP contribution is 2.43. The molecule has 7 heteroatoms. The van der Waals surface area contributed by atoms with E-state index in [4.69, 9.17) is 4.84 Å². The number of hydrogen-bond acceptors (Lipinski definition) is 5. The van der Waals surface area contributed by atoms with Crippen LogP contribution in [0.5, 0.6) is 0 Å². The van der Waals surface area contributed by atoms with E-state index in [-0.39, 0.29) is 5.56 Å². The third kappa shape index (κ3) is 3.82. The zero-order valence-electron chi connectivity index (χ0n) is 18.8. The van der Waals surface area contributed by atoms with Gasteiger partial charge in [0.25, 0.3) is 5.56 Å². The van der Waals surface area contributed by atoms with Crippen molar-refractivity contribution >= 4 is 34.2 Å². The third-order valence-electron chi connectivity index (χ3n) is 6.66. The van der Waals surface area contributed by atoms with Crippen LogP contribution in [0.4, 0.5) is 0 Å². The number of thioether (sulfide) groups is 1. The number of carbonyl (C=O) groups is 1. The Bertz CT molecular complexity index is 1540. The second-order valence-corrected chi connectivity index (χ2v) is 9.79. The number of rotatable bonds is 5. The summed E-state index contributed by atoms with van der Waals surface area (Å²) in [6, 6.07) is 24.9. The minimum Gasteiger partial charge on any atom is -0.480 e. The third-order valence-corrected chi connectivity index (χ3v) is 7.84. The van der Waals surface area contributed by atoms with E-state index < -0.39 is 18.1 Å². The molecule has 174 valence electrons. The van der Waals surface area contributed by atoms with Gasteiger partial charge in [-0.1, -0.05) is 78.0 Å². The van der Waals surface area contributed by atoms with Crippen LogP contribution >= 0.6 is 11.8 Å². The predicted octanol–water partition coefficient (Wildman–Crippen LogP) is 5.19. The van der Waals surface area contributed by atoms with E-state index in [0.29, 0.717) is 23.6 Å². The molecule has 4 aromatic rings. The lowest BCUT2D eigenvalue weighted by molar-refractivity contribution is -0.140. The standard InChI is InChI=1S/C28H22N2O4S/c31-25-14-20(13-19-11-6-10-17-7-4-5-12-21(17)19)26(27-30(25)23(16-35-27)28(32)33)24-15-22(29-34-24)18-8-2-1-3-9-18/h1-12,14,23-24H,13,15-16H2,(H,32,33). The number of hydrogen-bond donors (Lipinski definition) is 1. The van der Waals surface area contributed by atoms with Crippen molar-refractivity contribution in [3.05, 3.63) is 111 Å². The monoisotopic (exact) mass is 482 g/mol. The molecule has 0 aliphatic carbocycles. The molecule has 2 atom stereocenters. The molecule has 3 aromatic carbocycles. The zero-order valence-corrected chi connectivity index (χ0v) is 19.6. The van der Waals surface area contributed by atoms with Gasteiger partial charge in [0, 0.05) is 23.8 Å². The molecule has 0 saturated heterocycles. The average Bonchev–Trinajstić information content (AvgIpc) is 3.54. The van der Waals surface area contributed by atoms with E-state index in [1.807, 2.05) is 48.5 Å². The fraction of sp³-hybridized carbons (Fsp3) is 0.179. The van der Waals surface area contributed by atoms with Crippen LogP contribution in [0.2, 0.25) is 0 Å². The molecular formula is C28H22N2O4S. The highest BCUT2D eigenvalue weighted by molar-refractivity contribution is 7.99. The van der Waals surface area contributed by atoms with Crippen LogP contribution < -0.4 is 5.56 Å². The zero-order chi connectivity index (χ0) is 23.9. The van der Waals surface area contributed by atoms with E-state index >= 15 is 0 Å². The van der Waals surface area contributed by atoms with Gasteiger partial charge in [0.2, 0.25) is 0 Å². The summed E-state index contributed by atoms with van der Waals surface area (Å²) in [6.45, 7) is 0. The van der Waals surface area contributed by atoms with E-state index in [1.165, 1.54) is 16.3 Å². The Morgan fingerprint density at radius 3 is 2.63 bits per heavy atom. The summed E-state index contributed by atoms with van der Waals surface area (Å²) in [5.74, 6) is -0.686. The quantitative estimate of drug-likeness (QED) is 0.423. The Balaban J connectivity index is 1.46. The molecule has 2 aliphatic rings. The molecule has 0 fully saturated rings. The lowest BCUT2D eigenvalue weighted by atomic mass is 9.92. The number of aromatic nitrogens is 1. The van der Waals surface area contributed by atoms with Crippen molar-refractivity contribution in [2.45, 2.75) is 30.0 Å². The van der Waals surface area contributed by atoms with Crippen LogP contribution in [0.25, 0.3) is 10.8 Å². The van der Waals surface area contributed by atoms with Gasteiger partial charge in [-0.3, -0.25) is 9.36 Å². The number of carboxylic acid groups (broad SMARTS) is 1. The van der Waals surface area contributed by atoms with Gasteiger partial charge in [0.15, 0.2) is 6.10 Å². The summed E-state index contributed by atoms with van der Waals surface area (Å²) in [7, 11) is 0. The lowest BCUT2D eigenvalue weighted by Crippen LogP contribution is -2.30. The van der Waals surface area contributed by atoms with Crippen molar-refractivity contribution < 1.29 is 14.7 Å². The minimum absolute atomic E-state index is 0.293. The Hall–Kier alpha value is -3.84. The van der Waals surface area contributed by atoms with Crippen molar-refractivity contribution in [3.8, 4) is 0 Å². The van der Waals surface area contributed by atoms with Crippen LogP contribution in [0, 0.1) is 0 Å². The van der Waals surface area contributed by atoms with E-state index in [1.54, 1.807) is 6.07 Å². The molecule has 0 bridgehead atoms. The molecule has 3 heterocycles. The molecule has 0 amide bonds. The molecule has 2 unspecified atom stereocenters. The average molecular weight is 483 g/mol. The summed E-state index contributed by atoms with van der Waals surface area (Å²) >= 11 is 1.41. The lowest BCUT2D eigenvalue weighted by Gasteiger charge is -2.20. The Morgan fingerprint density at radius 1 is 1.03 bits per heavy atom. The normalized spacial score (nSPS) is 18.8. The minimum atomic E-state index is -1.00. The molecule has 1 N–H and O–H groups in total. The van der Waals surface area contributed by atoms with E-state index in [0.717, 1.165) is 38.7 Å². The van der Waals surface area contributed by atoms with Crippen LogP contribution in [-0.2, 0) is 16.1 Å². The van der Waals surface area contributed by atoms with Crippen molar-refractivity contribution in [2.24, 2.45) is 5.16 Å². The first-order valence-electron chi connectivity index (χ1n) is 11.5. The van der Waals surface area contributed by atoms with Gasteiger partial charge in [0.1, 0.15) is 6.04 Å². The molecule has 35 heavy (non-hydrogen) atoms. The van der Waals surface area contributed by atoms with Gasteiger partial charge < -0.3 is 9.94 Å². The Kier molecular flexibility index (Phi) is 5.41. The van der Waals surface area contributed by atoms with Gasteiger partial charge in [-0.2, -0.15) is 0 Å². The number of pyridine rings is 1. The summed E-state index contributed by atoms with van der Waals surface area (Å²) in [5, 5.41) is 17.0. The van der Waals surface area contributed by atoms with Gasteiger partial charge in [0.05, 0.1) is 10.7 Å². The first kappa shape index (κ1) is 21.7. The number of aliphatic carboxylic acids is 1. The summed E-state index contributed by atoms with van der Waals surface area (Å²) in [6.07, 6.45) is 0.700. The van der Waals surface area contributed by atoms with Gasteiger partial charge in [-0.15, -0.1) is 11.8 Å². The van der Waals surface area contributed by atoms with Gasteiger partial charge in [-0.25, -0.2) is 4.79 Å². The molecule has 0 spiro atoms. The second kappa shape index (κ2) is 8.74. The molecule has 0 saturated carbocycles. The predicted molar refractivity (Wildman–Crippen MR) is 136 cm³/mol. The fourth-order valence-corrected chi connectivity index (χ4v) is 6.38. The van der Waals surface area contributed by atoms with Gasteiger partial charge >= 0.3 is 5.97 Å². The second-order valence-electron chi connectivity index (χ2n) is 8.78. The molecule has 6 rings (SSSR count). The molecule has 0 radical (unpaired) electrons. The van der Waals surface area contributed by atoms with Crippen LogP contribution in [-0.4, -0.2) is 27.1 Å². The summed E-state index contributed by atoms with van der Waals surface area (Å²) < 4.78 is 1.42. The van der Waals surface area contributed by atoms with Gasteiger partial charge in [-0.05, 0) is 33.9 Å². The fourth-order valence-electron chi connectivity index (χ4n) is 5.00. The Morgan fingerprint density at radius 2 is 1.80 bits per heavy atom. The van der Waals surface area contributed by atoms with Crippen LogP contribution in [0.15, 0.2) is 93.8 Å². The number of carboxylic acids is 1. The first-order chi connectivity index (χ1) is 17.1. The largest absolute Gasteiger partial charge is 0.480 e. The number of benzene rings is 3. The molecule has 6 nitrogen and oxygen atoms in total. The van der Waals surface area contributed by atoms with Crippen LogP contribution in [0.3, 0.4) is 0 Å². The topological polar surface area (TPSA) is 80.9 Å². The summed E-state index contributed by atoms with van der Waals surface area (Å²) in [5.41, 5.74) is 4.36. The molecule has 1 aromatic heterocycles. The SMILES string of the molecule is O=C(O)C1CSc2c(C3CC(c4ccccc4)=NO3)c(Cc3cccc4ccccc34)cc(=O)n21. The van der Waals surface area contributed by atoms with E-state index in [9.17, 15) is 14.7 Å². The maximum Gasteiger partial charge on any atom is 0.327 e. The summed E-state index contributed by atoms with van der Waals surface area (Å²) in [4.78, 5) is 31.0. The highest BCUT2D eigenvalue weighted by atomic mass is 32.2. The first-order valence-corrected chi connectivity index (χ1v) is 12.5. The number of fused-ring (bicyclic) bond motifs is 2. The van der Waals surface area contributed by atoms with E-state index in [2.05, 4.69) is 29.4 Å².